The number of benzene rings is 2. The van der Waals surface area contributed by atoms with E-state index < -0.39 is 6.10 Å². The highest BCUT2D eigenvalue weighted by atomic mass is 35.5. The lowest BCUT2D eigenvalue weighted by Gasteiger charge is -2.15. The third kappa shape index (κ3) is 2.65. The molecule has 1 atom stereocenters. The molecule has 0 saturated carbocycles. The zero-order valence-electron chi connectivity index (χ0n) is 9.62. The topological polar surface area (TPSA) is 20.2 Å². The molecule has 0 aliphatic carbocycles. The zero-order chi connectivity index (χ0) is 13.3. The molecule has 0 saturated heterocycles. The monoisotopic (exact) mass is 300 g/mol. The van der Waals surface area contributed by atoms with Gasteiger partial charge in [-0.25, -0.2) is 0 Å². The standard InChI is InChI=1S/C14H11Cl3O/c1-8-5-6-9(7-12(8)17)14(18)13-10(15)3-2-4-11(13)16/h2-7,14,18H,1H3. The fourth-order valence-corrected chi connectivity index (χ4v) is 2.51. The summed E-state index contributed by atoms with van der Waals surface area (Å²) in [5.74, 6) is 0. The Balaban J connectivity index is 2.48. The fraction of sp³-hybridized carbons (Fsp3) is 0.143. The molecule has 2 aromatic rings. The van der Waals surface area contributed by atoms with Crippen molar-refractivity contribution in [3.63, 3.8) is 0 Å². The van der Waals surface area contributed by atoms with Crippen molar-refractivity contribution in [2.45, 2.75) is 13.0 Å². The lowest BCUT2D eigenvalue weighted by atomic mass is 10.0. The van der Waals surface area contributed by atoms with E-state index in [1.165, 1.54) is 0 Å². The first-order valence-corrected chi connectivity index (χ1v) is 6.52. The number of aliphatic hydroxyl groups is 1. The molecule has 2 rings (SSSR count). The van der Waals surface area contributed by atoms with E-state index in [0.29, 0.717) is 26.2 Å². The number of aliphatic hydroxyl groups excluding tert-OH is 1. The van der Waals surface area contributed by atoms with E-state index in [2.05, 4.69) is 0 Å². The minimum absolute atomic E-state index is 0.437. The summed E-state index contributed by atoms with van der Waals surface area (Å²) in [6.45, 7) is 1.90. The van der Waals surface area contributed by atoms with Gasteiger partial charge in [-0.2, -0.15) is 0 Å². The summed E-state index contributed by atoms with van der Waals surface area (Å²) in [5, 5.41) is 11.8. The van der Waals surface area contributed by atoms with Crippen LogP contribution in [0.3, 0.4) is 0 Å². The van der Waals surface area contributed by atoms with Crippen molar-refractivity contribution in [1.82, 2.24) is 0 Å². The maximum Gasteiger partial charge on any atom is 0.107 e. The Kier molecular flexibility index (Phi) is 4.18. The predicted molar refractivity (Wildman–Crippen MR) is 76.7 cm³/mol. The Morgan fingerprint density at radius 2 is 1.56 bits per heavy atom. The van der Waals surface area contributed by atoms with E-state index in [1.54, 1.807) is 24.3 Å². The van der Waals surface area contributed by atoms with Crippen LogP contribution in [0.5, 0.6) is 0 Å². The third-order valence-corrected chi connectivity index (χ3v) is 3.85. The van der Waals surface area contributed by atoms with Crippen LogP contribution in [0.4, 0.5) is 0 Å². The van der Waals surface area contributed by atoms with Gasteiger partial charge < -0.3 is 5.11 Å². The Bertz CT molecular complexity index is 561. The van der Waals surface area contributed by atoms with Crippen LogP contribution in [0.15, 0.2) is 36.4 Å². The first-order chi connectivity index (χ1) is 8.50. The number of rotatable bonds is 2. The average Bonchev–Trinajstić information content (AvgIpc) is 2.32. The Hall–Kier alpha value is -0.730. The average molecular weight is 302 g/mol. The summed E-state index contributed by atoms with van der Waals surface area (Å²) < 4.78 is 0. The molecular weight excluding hydrogens is 291 g/mol. The van der Waals surface area contributed by atoms with Crippen molar-refractivity contribution >= 4 is 34.8 Å². The molecule has 1 nitrogen and oxygen atoms in total. The zero-order valence-corrected chi connectivity index (χ0v) is 11.9. The van der Waals surface area contributed by atoms with Crippen molar-refractivity contribution in [2.75, 3.05) is 0 Å². The van der Waals surface area contributed by atoms with Crippen molar-refractivity contribution in [1.29, 1.82) is 0 Å². The maximum atomic E-state index is 10.3. The van der Waals surface area contributed by atoms with Crippen LogP contribution in [-0.4, -0.2) is 5.11 Å². The second kappa shape index (κ2) is 5.50. The van der Waals surface area contributed by atoms with E-state index in [4.69, 9.17) is 34.8 Å². The number of aryl methyl sites for hydroxylation is 1. The van der Waals surface area contributed by atoms with Gasteiger partial charge in [-0.1, -0.05) is 53.0 Å². The largest absolute Gasteiger partial charge is 0.384 e. The van der Waals surface area contributed by atoms with Gasteiger partial charge in [0.25, 0.3) is 0 Å². The number of hydrogen-bond donors (Lipinski definition) is 1. The van der Waals surface area contributed by atoms with Gasteiger partial charge in [-0.05, 0) is 36.2 Å². The Morgan fingerprint density at radius 1 is 0.944 bits per heavy atom. The lowest BCUT2D eigenvalue weighted by Crippen LogP contribution is -2.01. The minimum atomic E-state index is -0.885. The van der Waals surface area contributed by atoms with Gasteiger partial charge in [0.1, 0.15) is 6.10 Å². The second-order valence-corrected chi connectivity index (χ2v) is 5.27. The van der Waals surface area contributed by atoms with Gasteiger partial charge in [0, 0.05) is 20.6 Å². The molecule has 94 valence electrons. The summed E-state index contributed by atoms with van der Waals surface area (Å²) in [7, 11) is 0. The van der Waals surface area contributed by atoms with E-state index in [-0.39, 0.29) is 0 Å². The molecular formula is C14H11Cl3O. The van der Waals surface area contributed by atoms with E-state index >= 15 is 0 Å². The van der Waals surface area contributed by atoms with Gasteiger partial charge >= 0.3 is 0 Å². The molecule has 0 spiro atoms. The van der Waals surface area contributed by atoms with Crippen LogP contribution in [0.1, 0.15) is 22.8 Å². The highest BCUT2D eigenvalue weighted by molar-refractivity contribution is 6.36. The molecule has 0 aliphatic rings. The maximum absolute atomic E-state index is 10.3. The highest BCUT2D eigenvalue weighted by Crippen LogP contribution is 2.35. The molecule has 0 aromatic heterocycles. The summed E-state index contributed by atoms with van der Waals surface area (Å²) in [6, 6.07) is 10.5. The normalized spacial score (nSPS) is 12.5. The smallest absolute Gasteiger partial charge is 0.107 e. The van der Waals surface area contributed by atoms with Crippen molar-refractivity contribution in [3.8, 4) is 0 Å². The van der Waals surface area contributed by atoms with E-state index in [0.717, 1.165) is 5.56 Å². The van der Waals surface area contributed by atoms with Crippen LogP contribution in [-0.2, 0) is 0 Å². The summed E-state index contributed by atoms with van der Waals surface area (Å²) in [5.41, 5.74) is 2.12. The van der Waals surface area contributed by atoms with Crippen molar-refractivity contribution in [3.05, 3.63) is 68.2 Å². The molecule has 0 radical (unpaired) electrons. The van der Waals surface area contributed by atoms with Gasteiger partial charge in [0.05, 0.1) is 0 Å². The molecule has 0 fully saturated rings. The molecule has 0 bridgehead atoms. The minimum Gasteiger partial charge on any atom is -0.384 e. The van der Waals surface area contributed by atoms with Gasteiger partial charge in [0.15, 0.2) is 0 Å². The number of hydrogen-bond acceptors (Lipinski definition) is 1. The van der Waals surface area contributed by atoms with Crippen LogP contribution >= 0.6 is 34.8 Å². The first kappa shape index (κ1) is 13.7. The van der Waals surface area contributed by atoms with Crippen LogP contribution in [0, 0.1) is 6.92 Å². The summed E-state index contributed by atoms with van der Waals surface area (Å²) in [6.07, 6.45) is -0.885. The van der Waals surface area contributed by atoms with Gasteiger partial charge in [-0.15, -0.1) is 0 Å². The fourth-order valence-electron chi connectivity index (χ4n) is 1.72. The van der Waals surface area contributed by atoms with Gasteiger partial charge in [0.2, 0.25) is 0 Å². The summed E-state index contributed by atoms with van der Waals surface area (Å²) in [4.78, 5) is 0. The highest BCUT2D eigenvalue weighted by Gasteiger charge is 2.17. The molecule has 0 aliphatic heterocycles. The van der Waals surface area contributed by atoms with E-state index in [1.807, 2.05) is 19.1 Å². The van der Waals surface area contributed by atoms with E-state index in [9.17, 15) is 5.11 Å². The molecule has 4 heteroatoms. The SMILES string of the molecule is Cc1ccc(C(O)c2c(Cl)cccc2Cl)cc1Cl. The first-order valence-electron chi connectivity index (χ1n) is 5.38. The van der Waals surface area contributed by atoms with Gasteiger partial charge in [-0.3, -0.25) is 0 Å². The second-order valence-electron chi connectivity index (χ2n) is 4.05. The van der Waals surface area contributed by atoms with Crippen LogP contribution < -0.4 is 0 Å². The molecule has 2 aromatic carbocycles. The Labute approximate surface area is 121 Å². The van der Waals surface area contributed by atoms with Crippen molar-refractivity contribution in [2.24, 2.45) is 0 Å². The van der Waals surface area contributed by atoms with Crippen LogP contribution in [0.2, 0.25) is 15.1 Å². The molecule has 18 heavy (non-hydrogen) atoms. The molecule has 1 unspecified atom stereocenters. The Morgan fingerprint density at radius 3 is 2.11 bits per heavy atom. The number of halogens is 3. The van der Waals surface area contributed by atoms with Crippen molar-refractivity contribution < 1.29 is 5.11 Å². The molecule has 0 amide bonds. The quantitative estimate of drug-likeness (QED) is 0.824. The molecule has 0 heterocycles. The lowest BCUT2D eigenvalue weighted by molar-refractivity contribution is 0.220. The molecule has 1 N–H and O–H groups in total. The van der Waals surface area contributed by atoms with Crippen LogP contribution in [0.25, 0.3) is 0 Å². The predicted octanol–water partition coefficient (Wildman–Crippen LogP) is 5.04. The third-order valence-electron chi connectivity index (χ3n) is 2.78. The summed E-state index contributed by atoms with van der Waals surface area (Å²) >= 11 is 18.2.